The van der Waals surface area contributed by atoms with Gasteiger partial charge >= 0.3 is 5.97 Å². The molecule has 0 N–H and O–H groups in total. The highest BCUT2D eigenvalue weighted by atomic mass is 32.1. The number of hydrogen-bond acceptors (Lipinski definition) is 6. The van der Waals surface area contributed by atoms with Gasteiger partial charge < -0.3 is 4.74 Å². The van der Waals surface area contributed by atoms with Crippen LogP contribution in [0.5, 0.6) is 0 Å². The van der Waals surface area contributed by atoms with Gasteiger partial charge in [-0.1, -0.05) is 47.7 Å². The number of thiazole rings is 1. The molecule has 0 bridgehead atoms. The molecule has 1 aliphatic heterocycles. The Kier molecular flexibility index (Phi) is 4.75. The van der Waals surface area contributed by atoms with E-state index in [1.54, 1.807) is 30.0 Å². The fourth-order valence-electron chi connectivity index (χ4n) is 3.26. The van der Waals surface area contributed by atoms with E-state index in [-0.39, 0.29) is 5.56 Å². The summed E-state index contributed by atoms with van der Waals surface area (Å²) in [5, 5.41) is 0. The number of rotatable bonds is 3. The summed E-state index contributed by atoms with van der Waals surface area (Å²) < 4.78 is 7.09. The summed E-state index contributed by atoms with van der Waals surface area (Å²) >= 11 is 1.29. The molecule has 0 radical (unpaired) electrons. The van der Waals surface area contributed by atoms with Crippen LogP contribution < -0.4 is 14.9 Å². The highest BCUT2D eigenvalue weighted by Gasteiger charge is 2.32. The van der Waals surface area contributed by atoms with Gasteiger partial charge in [-0.3, -0.25) is 14.3 Å². The maximum Gasteiger partial charge on any atom is 0.338 e. The lowest BCUT2D eigenvalue weighted by Gasteiger charge is -2.24. The number of esters is 1. The van der Waals surface area contributed by atoms with E-state index in [1.165, 1.54) is 18.4 Å². The second kappa shape index (κ2) is 7.36. The number of fused-ring (bicyclic) bond motifs is 1. The van der Waals surface area contributed by atoms with Crippen molar-refractivity contribution in [3.63, 3.8) is 0 Å². The summed E-state index contributed by atoms with van der Waals surface area (Å²) in [7, 11) is 1.33. The van der Waals surface area contributed by atoms with Crippen LogP contribution in [0.15, 0.2) is 75.9 Å². The maximum absolute atomic E-state index is 13.3. The van der Waals surface area contributed by atoms with Gasteiger partial charge in [-0.25, -0.2) is 9.79 Å². The monoisotopic (exact) mass is 391 g/mol. The van der Waals surface area contributed by atoms with E-state index in [0.29, 0.717) is 20.6 Å². The van der Waals surface area contributed by atoms with Crippen LogP contribution in [-0.2, 0) is 9.53 Å². The molecule has 140 valence electrons. The third kappa shape index (κ3) is 3.10. The van der Waals surface area contributed by atoms with Crippen molar-refractivity contribution >= 4 is 23.4 Å². The van der Waals surface area contributed by atoms with Gasteiger partial charge in [-0.15, -0.1) is 0 Å². The Labute approximate surface area is 164 Å². The molecule has 4 rings (SSSR count). The first-order valence-corrected chi connectivity index (χ1v) is 9.47. The van der Waals surface area contributed by atoms with Crippen LogP contribution in [0.1, 0.15) is 24.1 Å². The Morgan fingerprint density at radius 2 is 2.00 bits per heavy atom. The molecule has 0 spiro atoms. The third-order valence-electron chi connectivity index (χ3n) is 4.52. The summed E-state index contributed by atoms with van der Waals surface area (Å²) in [6.07, 6.45) is 5.16. The molecule has 1 aromatic carbocycles. The van der Waals surface area contributed by atoms with E-state index in [4.69, 9.17) is 4.74 Å². The molecule has 2 aromatic heterocycles. The van der Waals surface area contributed by atoms with E-state index in [1.807, 2.05) is 42.5 Å². The number of ether oxygens (including phenoxy) is 1. The maximum atomic E-state index is 13.3. The zero-order chi connectivity index (χ0) is 19.7. The second-order valence-electron chi connectivity index (χ2n) is 6.27. The molecule has 0 unspecified atom stereocenters. The zero-order valence-electron chi connectivity index (χ0n) is 15.3. The van der Waals surface area contributed by atoms with Crippen LogP contribution >= 0.6 is 11.3 Å². The van der Waals surface area contributed by atoms with Crippen molar-refractivity contribution in [2.45, 2.75) is 13.0 Å². The minimum atomic E-state index is -0.582. The van der Waals surface area contributed by atoms with E-state index in [9.17, 15) is 9.59 Å². The number of allylic oxidation sites excluding steroid dienone is 1. The van der Waals surface area contributed by atoms with Crippen LogP contribution in [0, 0.1) is 0 Å². The quantitative estimate of drug-likeness (QED) is 0.638. The first-order valence-electron chi connectivity index (χ1n) is 8.66. The fourth-order valence-corrected chi connectivity index (χ4v) is 4.30. The van der Waals surface area contributed by atoms with Crippen LogP contribution in [0.4, 0.5) is 0 Å². The lowest BCUT2D eigenvalue weighted by Crippen LogP contribution is -2.39. The number of nitrogens with zero attached hydrogens (tertiary/aromatic N) is 3. The number of carbonyl (C=O) groups is 1. The van der Waals surface area contributed by atoms with Gasteiger partial charge in [-0.2, -0.15) is 0 Å². The van der Waals surface area contributed by atoms with Crippen molar-refractivity contribution in [1.82, 2.24) is 9.55 Å². The summed E-state index contributed by atoms with van der Waals surface area (Å²) in [4.78, 5) is 34.9. The SMILES string of the molecule is COC(=O)C1=C(C)N=c2s/c(=C\c3cccnc3)c(=O)n2[C@H]1c1ccccc1. The Hall–Kier alpha value is -3.32. The molecule has 0 saturated heterocycles. The lowest BCUT2D eigenvalue weighted by atomic mass is 9.96. The van der Waals surface area contributed by atoms with Crippen molar-refractivity contribution in [3.8, 4) is 0 Å². The molecule has 0 amide bonds. The Balaban J connectivity index is 1.99. The number of methoxy groups -OCH3 is 1. The molecule has 28 heavy (non-hydrogen) atoms. The van der Waals surface area contributed by atoms with Gasteiger partial charge in [0.1, 0.15) is 0 Å². The summed E-state index contributed by atoms with van der Waals surface area (Å²) in [6.45, 7) is 1.76. The standard InChI is InChI=1S/C21H17N3O3S/c1-13-17(20(26)27-2)18(15-8-4-3-5-9-15)24-19(25)16(28-21(24)23-13)11-14-7-6-10-22-12-14/h3-12,18H,1-2H3/b16-11-/t18-/m0/s1. The van der Waals surface area contributed by atoms with E-state index < -0.39 is 12.0 Å². The average molecular weight is 391 g/mol. The number of benzene rings is 1. The molecule has 7 heteroatoms. The van der Waals surface area contributed by atoms with Crippen LogP contribution in [0.2, 0.25) is 0 Å². The van der Waals surface area contributed by atoms with Gasteiger partial charge in [0.2, 0.25) is 0 Å². The van der Waals surface area contributed by atoms with Crippen LogP contribution in [-0.4, -0.2) is 22.6 Å². The average Bonchev–Trinajstić information content (AvgIpc) is 3.02. The Morgan fingerprint density at radius 3 is 2.68 bits per heavy atom. The van der Waals surface area contributed by atoms with Crippen LogP contribution in [0.3, 0.4) is 0 Å². The minimum Gasteiger partial charge on any atom is -0.466 e. The van der Waals surface area contributed by atoms with Crippen molar-refractivity contribution < 1.29 is 9.53 Å². The van der Waals surface area contributed by atoms with Crippen molar-refractivity contribution in [2.75, 3.05) is 7.11 Å². The van der Waals surface area contributed by atoms with E-state index >= 15 is 0 Å². The van der Waals surface area contributed by atoms with Crippen LogP contribution in [0.25, 0.3) is 6.08 Å². The predicted octanol–water partition coefficient (Wildman–Crippen LogP) is 1.80. The molecule has 3 aromatic rings. The Bertz CT molecular complexity index is 1240. The molecule has 1 atom stereocenters. The second-order valence-corrected chi connectivity index (χ2v) is 7.28. The van der Waals surface area contributed by atoms with Gasteiger partial charge in [0.25, 0.3) is 5.56 Å². The fraction of sp³-hybridized carbons (Fsp3) is 0.143. The molecular formula is C21H17N3O3S. The largest absolute Gasteiger partial charge is 0.466 e. The van der Waals surface area contributed by atoms with Crippen molar-refractivity contribution in [1.29, 1.82) is 0 Å². The van der Waals surface area contributed by atoms with Crippen molar-refractivity contribution in [2.24, 2.45) is 4.99 Å². The normalized spacial score (nSPS) is 16.5. The summed E-state index contributed by atoms with van der Waals surface area (Å²) in [5.41, 5.74) is 2.37. The molecular weight excluding hydrogens is 374 g/mol. The molecule has 3 heterocycles. The smallest absolute Gasteiger partial charge is 0.338 e. The zero-order valence-corrected chi connectivity index (χ0v) is 16.1. The minimum absolute atomic E-state index is 0.199. The molecule has 6 nitrogen and oxygen atoms in total. The van der Waals surface area contributed by atoms with Crippen molar-refractivity contribution in [3.05, 3.63) is 96.9 Å². The van der Waals surface area contributed by atoms with Gasteiger partial charge in [0, 0.05) is 12.4 Å². The number of pyridine rings is 1. The molecule has 0 saturated carbocycles. The van der Waals surface area contributed by atoms with Gasteiger partial charge in [0.05, 0.1) is 29.0 Å². The molecule has 1 aliphatic rings. The van der Waals surface area contributed by atoms with E-state index in [0.717, 1.165) is 11.1 Å². The Morgan fingerprint density at radius 1 is 1.21 bits per heavy atom. The first kappa shape index (κ1) is 18.1. The number of hydrogen-bond donors (Lipinski definition) is 0. The molecule has 0 fully saturated rings. The van der Waals surface area contributed by atoms with Gasteiger partial charge in [0.15, 0.2) is 4.80 Å². The first-order chi connectivity index (χ1) is 13.6. The summed E-state index contributed by atoms with van der Waals surface area (Å²) in [6, 6.07) is 12.6. The number of carbonyl (C=O) groups excluding carboxylic acids is 1. The highest BCUT2D eigenvalue weighted by Crippen LogP contribution is 2.30. The highest BCUT2D eigenvalue weighted by molar-refractivity contribution is 7.07. The van der Waals surface area contributed by atoms with E-state index in [2.05, 4.69) is 9.98 Å². The van der Waals surface area contributed by atoms with Gasteiger partial charge in [-0.05, 0) is 30.2 Å². The predicted molar refractivity (Wildman–Crippen MR) is 106 cm³/mol. The lowest BCUT2D eigenvalue weighted by molar-refractivity contribution is -0.136. The third-order valence-corrected chi connectivity index (χ3v) is 5.51. The number of aromatic nitrogens is 2. The topological polar surface area (TPSA) is 73.6 Å². The summed E-state index contributed by atoms with van der Waals surface area (Å²) in [5.74, 6) is -0.489. The molecule has 0 aliphatic carbocycles.